The van der Waals surface area contributed by atoms with Crippen molar-refractivity contribution in [2.45, 2.75) is 13.5 Å². The number of amides is 1. The molecule has 1 amide bonds. The van der Waals surface area contributed by atoms with Crippen LogP contribution in [-0.4, -0.2) is 16.0 Å². The van der Waals surface area contributed by atoms with Crippen LogP contribution in [0, 0.1) is 18.6 Å². The van der Waals surface area contributed by atoms with E-state index < -0.39 is 28.9 Å². The number of nitrogens with zero attached hydrogens (tertiary/aromatic N) is 1. The molecule has 5 nitrogen and oxygen atoms in total. The van der Waals surface area contributed by atoms with Crippen LogP contribution in [0.25, 0.3) is 0 Å². The predicted octanol–water partition coefficient (Wildman–Crippen LogP) is 1.90. The number of aromatic nitrogens is 1. The number of phenolic OH excluding ortho intramolecular Hbond substituents is 1. The maximum Gasteiger partial charge on any atom is 0.258 e. The number of rotatable bonds is 3. The van der Waals surface area contributed by atoms with Gasteiger partial charge in [0.25, 0.3) is 5.91 Å². The van der Waals surface area contributed by atoms with Gasteiger partial charge in [0.15, 0.2) is 0 Å². The molecule has 0 saturated heterocycles. The zero-order chi connectivity index (χ0) is 14.0. The van der Waals surface area contributed by atoms with E-state index in [0.717, 1.165) is 0 Å². The van der Waals surface area contributed by atoms with Crippen LogP contribution in [0.1, 0.15) is 22.0 Å². The summed E-state index contributed by atoms with van der Waals surface area (Å²) in [5, 5.41) is 11.7. The monoisotopic (exact) mass is 268 g/mol. The van der Waals surface area contributed by atoms with Gasteiger partial charge in [0.1, 0.15) is 28.7 Å². The molecule has 0 aliphatic rings. The van der Waals surface area contributed by atoms with Gasteiger partial charge in [-0.05, 0) is 6.92 Å². The summed E-state index contributed by atoms with van der Waals surface area (Å²) in [6.45, 7) is 1.62. The van der Waals surface area contributed by atoms with Gasteiger partial charge in [-0.1, -0.05) is 0 Å². The molecule has 1 aromatic heterocycles. The summed E-state index contributed by atoms with van der Waals surface area (Å²) >= 11 is 0. The van der Waals surface area contributed by atoms with Gasteiger partial charge in [0.2, 0.25) is 5.89 Å². The molecule has 0 bridgehead atoms. The first-order valence-electron chi connectivity index (χ1n) is 5.35. The number of nitrogens with one attached hydrogen (secondary N) is 1. The lowest BCUT2D eigenvalue weighted by atomic mass is 10.1. The highest BCUT2D eigenvalue weighted by molar-refractivity contribution is 5.96. The van der Waals surface area contributed by atoms with Crippen molar-refractivity contribution in [3.8, 4) is 5.75 Å². The highest BCUT2D eigenvalue weighted by atomic mass is 19.1. The fourth-order valence-corrected chi connectivity index (χ4v) is 1.51. The molecule has 0 fully saturated rings. The number of benzene rings is 1. The van der Waals surface area contributed by atoms with Gasteiger partial charge >= 0.3 is 0 Å². The van der Waals surface area contributed by atoms with E-state index in [-0.39, 0.29) is 12.4 Å². The predicted molar refractivity (Wildman–Crippen MR) is 60.4 cm³/mol. The molecule has 0 aliphatic heterocycles. The third-order valence-electron chi connectivity index (χ3n) is 2.33. The second-order valence-corrected chi connectivity index (χ2v) is 3.83. The van der Waals surface area contributed by atoms with Gasteiger partial charge in [-0.2, -0.15) is 0 Å². The lowest BCUT2D eigenvalue weighted by molar-refractivity contribution is 0.0940. The Morgan fingerprint density at radius 3 is 2.79 bits per heavy atom. The van der Waals surface area contributed by atoms with Crippen LogP contribution in [0.2, 0.25) is 0 Å². The Bertz CT molecular complexity index is 602. The second kappa shape index (κ2) is 5.05. The Morgan fingerprint density at radius 1 is 1.47 bits per heavy atom. The number of carbonyl (C=O) groups is 1. The Hall–Kier alpha value is -2.44. The summed E-state index contributed by atoms with van der Waals surface area (Å²) in [6.07, 6.45) is 1.47. The first kappa shape index (κ1) is 13.0. The molecule has 1 heterocycles. The third-order valence-corrected chi connectivity index (χ3v) is 2.33. The molecule has 0 radical (unpaired) electrons. The van der Waals surface area contributed by atoms with Crippen LogP contribution in [-0.2, 0) is 6.54 Å². The minimum absolute atomic E-state index is 0.0665. The Labute approximate surface area is 106 Å². The number of aromatic hydroxyl groups is 1. The van der Waals surface area contributed by atoms with E-state index in [0.29, 0.717) is 17.9 Å². The molecule has 19 heavy (non-hydrogen) atoms. The highest BCUT2D eigenvalue weighted by Gasteiger charge is 2.18. The molecular weight excluding hydrogens is 258 g/mol. The summed E-state index contributed by atoms with van der Waals surface area (Å²) in [5.41, 5.74) is -0.621. The number of phenols is 1. The zero-order valence-corrected chi connectivity index (χ0v) is 9.91. The lowest BCUT2D eigenvalue weighted by Gasteiger charge is -2.06. The molecule has 0 unspecified atom stereocenters. The molecule has 2 N–H and O–H groups in total. The van der Waals surface area contributed by atoms with Crippen molar-refractivity contribution in [3.05, 3.63) is 47.2 Å². The third kappa shape index (κ3) is 2.87. The van der Waals surface area contributed by atoms with Gasteiger partial charge in [-0.25, -0.2) is 13.8 Å². The second-order valence-electron chi connectivity index (χ2n) is 3.83. The average molecular weight is 268 g/mol. The molecule has 2 aromatic rings. The van der Waals surface area contributed by atoms with Crippen LogP contribution in [0.3, 0.4) is 0 Å². The smallest absolute Gasteiger partial charge is 0.258 e. The van der Waals surface area contributed by atoms with Gasteiger partial charge in [-0.3, -0.25) is 4.79 Å². The molecule has 2 rings (SSSR count). The number of carbonyl (C=O) groups excluding carboxylic acids is 1. The summed E-state index contributed by atoms with van der Waals surface area (Å²) in [4.78, 5) is 15.5. The van der Waals surface area contributed by atoms with E-state index in [1.165, 1.54) is 6.20 Å². The van der Waals surface area contributed by atoms with E-state index >= 15 is 0 Å². The van der Waals surface area contributed by atoms with Crippen molar-refractivity contribution < 1.29 is 23.1 Å². The van der Waals surface area contributed by atoms with Crippen LogP contribution >= 0.6 is 0 Å². The number of hydrogen-bond acceptors (Lipinski definition) is 4. The number of halogens is 2. The minimum atomic E-state index is -1.14. The van der Waals surface area contributed by atoms with Gasteiger partial charge in [-0.15, -0.1) is 0 Å². The SMILES string of the molecule is Cc1cnc(CNC(=O)c2c(O)cc(F)cc2F)o1. The number of hydrogen-bond donors (Lipinski definition) is 2. The average Bonchev–Trinajstić information content (AvgIpc) is 2.71. The highest BCUT2D eigenvalue weighted by Crippen LogP contribution is 2.21. The zero-order valence-electron chi connectivity index (χ0n) is 9.91. The van der Waals surface area contributed by atoms with Crippen molar-refractivity contribution in [1.29, 1.82) is 0 Å². The Balaban J connectivity index is 2.12. The topological polar surface area (TPSA) is 75.4 Å². The quantitative estimate of drug-likeness (QED) is 0.891. The first-order valence-corrected chi connectivity index (χ1v) is 5.35. The van der Waals surface area contributed by atoms with Gasteiger partial charge < -0.3 is 14.8 Å². The summed E-state index contributed by atoms with van der Waals surface area (Å²) in [7, 11) is 0. The largest absolute Gasteiger partial charge is 0.507 e. The molecule has 0 spiro atoms. The molecule has 0 saturated carbocycles. The number of aryl methyl sites for hydroxylation is 1. The van der Waals surface area contributed by atoms with E-state index in [4.69, 9.17) is 4.42 Å². The van der Waals surface area contributed by atoms with E-state index in [1.54, 1.807) is 6.92 Å². The lowest BCUT2D eigenvalue weighted by Crippen LogP contribution is -2.24. The van der Waals surface area contributed by atoms with Gasteiger partial charge in [0.05, 0.1) is 12.7 Å². The van der Waals surface area contributed by atoms with Crippen molar-refractivity contribution in [2.75, 3.05) is 0 Å². The van der Waals surface area contributed by atoms with Crippen LogP contribution in [0.15, 0.2) is 22.7 Å². The standard InChI is InChI=1S/C12H10F2N2O3/c1-6-4-15-10(19-6)5-16-12(18)11-8(14)2-7(13)3-9(11)17/h2-4,17H,5H2,1H3,(H,16,18). The molecule has 1 aromatic carbocycles. The van der Waals surface area contributed by atoms with Crippen molar-refractivity contribution >= 4 is 5.91 Å². The Morgan fingerprint density at radius 2 is 2.21 bits per heavy atom. The summed E-state index contributed by atoms with van der Waals surface area (Å²) < 4.78 is 31.3. The van der Waals surface area contributed by atoms with Crippen LogP contribution in [0.5, 0.6) is 5.75 Å². The number of oxazole rings is 1. The molecule has 0 aliphatic carbocycles. The van der Waals surface area contributed by atoms with E-state index in [9.17, 15) is 18.7 Å². The van der Waals surface area contributed by atoms with Crippen molar-refractivity contribution in [2.24, 2.45) is 0 Å². The van der Waals surface area contributed by atoms with Crippen molar-refractivity contribution in [3.63, 3.8) is 0 Å². The first-order chi connectivity index (χ1) is 8.97. The maximum atomic E-state index is 13.4. The van der Waals surface area contributed by atoms with Gasteiger partial charge in [0, 0.05) is 12.1 Å². The fourth-order valence-electron chi connectivity index (χ4n) is 1.51. The fraction of sp³-hybridized carbons (Fsp3) is 0.167. The van der Waals surface area contributed by atoms with Crippen LogP contribution < -0.4 is 5.32 Å². The van der Waals surface area contributed by atoms with E-state index in [2.05, 4.69) is 10.3 Å². The Kier molecular flexibility index (Phi) is 3.46. The molecule has 100 valence electrons. The van der Waals surface area contributed by atoms with Crippen molar-refractivity contribution in [1.82, 2.24) is 10.3 Å². The van der Waals surface area contributed by atoms with Crippen LogP contribution in [0.4, 0.5) is 8.78 Å². The van der Waals surface area contributed by atoms with E-state index in [1.807, 2.05) is 0 Å². The molecule has 0 atom stereocenters. The minimum Gasteiger partial charge on any atom is -0.507 e. The summed E-state index contributed by atoms with van der Waals surface area (Å²) in [5.74, 6) is -2.94. The molecular formula is C12H10F2N2O3. The normalized spacial score (nSPS) is 10.5. The molecule has 7 heteroatoms. The summed E-state index contributed by atoms with van der Waals surface area (Å²) in [6, 6.07) is 1.18. The maximum absolute atomic E-state index is 13.4.